The number of hydrogen-bond acceptors (Lipinski definition) is 4. The van der Waals surface area contributed by atoms with E-state index in [9.17, 15) is 0 Å². The molecular formula is C21H24N2O2. The van der Waals surface area contributed by atoms with Crippen LogP contribution in [0.5, 0.6) is 11.5 Å². The molecule has 1 fully saturated rings. The van der Waals surface area contributed by atoms with Crippen LogP contribution < -0.4 is 4.74 Å². The molecule has 0 spiro atoms. The predicted octanol–water partition coefficient (Wildman–Crippen LogP) is 3.51. The highest BCUT2D eigenvalue weighted by Crippen LogP contribution is 2.26. The third kappa shape index (κ3) is 5.32. The van der Waals surface area contributed by atoms with E-state index >= 15 is 0 Å². The van der Waals surface area contributed by atoms with Crippen LogP contribution in [0.15, 0.2) is 42.7 Å². The molecule has 1 aromatic carbocycles. The Labute approximate surface area is 149 Å². The minimum absolute atomic E-state index is 0.751. The van der Waals surface area contributed by atoms with E-state index in [1.165, 1.54) is 0 Å². The molecule has 3 rings (SSSR count). The molecule has 0 saturated carbocycles. The van der Waals surface area contributed by atoms with Crippen LogP contribution in [0, 0.1) is 11.8 Å². The van der Waals surface area contributed by atoms with Gasteiger partial charge >= 0.3 is 0 Å². The first-order valence-electron chi connectivity index (χ1n) is 8.85. The number of aromatic nitrogens is 1. The summed E-state index contributed by atoms with van der Waals surface area (Å²) in [7, 11) is 0. The second-order valence-corrected chi connectivity index (χ2v) is 5.97. The van der Waals surface area contributed by atoms with Crippen LogP contribution in [0.1, 0.15) is 24.5 Å². The Balaban J connectivity index is 1.60. The van der Waals surface area contributed by atoms with E-state index < -0.39 is 0 Å². The van der Waals surface area contributed by atoms with E-state index in [-0.39, 0.29) is 0 Å². The number of morpholine rings is 1. The number of hydrogen-bond donors (Lipinski definition) is 0. The van der Waals surface area contributed by atoms with E-state index in [0.29, 0.717) is 0 Å². The predicted molar refractivity (Wildman–Crippen MR) is 98.9 cm³/mol. The van der Waals surface area contributed by atoms with E-state index in [2.05, 4.69) is 34.7 Å². The van der Waals surface area contributed by atoms with Gasteiger partial charge in [-0.2, -0.15) is 0 Å². The fourth-order valence-corrected chi connectivity index (χ4v) is 2.77. The molecule has 1 saturated heterocycles. The van der Waals surface area contributed by atoms with Gasteiger partial charge < -0.3 is 9.47 Å². The third-order valence-corrected chi connectivity index (χ3v) is 4.19. The van der Waals surface area contributed by atoms with E-state index in [1.807, 2.05) is 24.3 Å². The molecular weight excluding hydrogens is 312 g/mol. The maximum Gasteiger partial charge on any atom is 0.145 e. The Bertz CT molecular complexity index is 729. The Morgan fingerprint density at radius 3 is 2.88 bits per heavy atom. The first kappa shape index (κ1) is 17.5. The Kier molecular flexibility index (Phi) is 6.44. The fourth-order valence-electron chi connectivity index (χ4n) is 2.77. The van der Waals surface area contributed by atoms with Crippen molar-refractivity contribution in [3.63, 3.8) is 0 Å². The van der Waals surface area contributed by atoms with Crippen molar-refractivity contribution >= 4 is 0 Å². The zero-order valence-electron chi connectivity index (χ0n) is 14.7. The smallest absolute Gasteiger partial charge is 0.145 e. The molecule has 1 aliphatic rings. The molecule has 0 amide bonds. The number of ether oxygens (including phenoxy) is 2. The standard InChI is InChI=1S/C21H24N2O2/c1-2-19-16-18(6-3-4-11-23-12-14-24-15-13-23)8-9-21(19)25-20-7-5-10-22-17-20/h5,7-10,16-17H,2,4,11-15H2,1H3. The highest BCUT2D eigenvalue weighted by atomic mass is 16.5. The van der Waals surface area contributed by atoms with Crippen molar-refractivity contribution in [3.05, 3.63) is 53.9 Å². The van der Waals surface area contributed by atoms with E-state index in [1.54, 1.807) is 12.4 Å². The monoisotopic (exact) mass is 336 g/mol. The van der Waals surface area contributed by atoms with Gasteiger partial charge in [0.25, 0.3) is 0 Å². The average molecular weight is 336 g/mol. The van der Waals surface area contributed by atoms with Gasteiger partial charge in [0.05, 0.1) is 19.4 Å². The largest absolute Gasteiger partial charge is 0.455 e. The molecule has 4 nitrogen and oxygen atoms in total. The van der Waals surface area contributed by atoms with Crippen molar-refractivity contribution in [3.8, 4) is 23.3 Å². The van der Waals surface area contributed by atoms with Crippen LogP contribution in [0.2, 0.25) is 0 Å². The summed E-state index contributed by atoms with van der Waals surface area (Å²) in [5.41, 5.74) is 2.20. The van der Waals surface area contributed by atoms with Crippen LogP contribution in [0.25, 0.3) is 0 Å². The van der Waals surface area contributed by atoms with Crippen molar-refractivity contribution < 1.29 is 9.47 Å². The number of nitrogens with zero attached hydrogens (tertiary/aromatic N) is 2. The third-order valence-electron chi connectivity index (χ3n) is 4.19. The van der Waals surface area contributed by atoms with Crippen LogP contribution in [-0.4, -0.2) is 42.7 Å². The lowest BCUT2D eigenvalue weighted by atomic mass is 10.1. The van der Waals surface area contributed by atoms with Gasteiger partial charge in [-0.05, 0) is 42.3 Å². The number of benzene rings is 1. The molecule has 0 bridgehead atoms. The highest BCUT2D eigenvalue weighted by Gasteiger charge is 2.08. The van der Waals surface area contributed by atoms with Gasteiger partial charge in [-0.1, -0.05) is 18.8 Å². The first-order valence-corrected chi connectivity index (χ1v) is 8.85. The minimum atomic E-state index is 0.751. The second kappa shape index (κ2) is 9.22. The van der Waals surface area contributed by atoms with Crippen LogP contribution in [0.3, 0.4) is 0 Å². The SMILES string of the molecule is CCc1cc(C#CCCN2CCOCC2)ccc1Oc1cccnc1. The van der Waals surface area contributed by atoms with Crippen LogP contribution >= 0.6 is 0 Å². The summed E-state index contributed by atoms with van der Waals surface area (Å²) < 4.78 is 11.3. The molecule has 1 aromatic heterocycles. The lowest BCUT2D eigenvalue weighted by Gasteiger charge is -2.25. The molecule has 4 heteroatoms. The molecule has 0 atom stereocenters. The van der Waals surface area contributed by atoms with Gasteiger partial charge in [0.1, 0.15) is 11.5 Å². The van der Waals surface area contributed by atoms with Gasteiger partial charge in [-0.25, -0.2) is 0 Å². The summed E-state index contributed by atoms with van der Waals surface area (Å²) in [6, 6.07) is 9.92. The molecule has 0 N–H and O–H groups in total. The van der Waals surface area contributed by atoms with Gasteiger partial charge in [0.15, 0.2) is 0 Å². The molecule has 1 aliphatic heterocycles. The number of rotatable bonds is 5. The average Bonchev–Trinajstić information content (AvgIpc) is 2.68. The topological polar surface area (TPSA) is 34.6 Å². The molecule has 0 aliphatic carbocycles. The summed E-state index contributed by atoms with van der Waals surface area (Å²) >= 11 is 0. The molecule has 2 heterocycles. The lowest BCUT2D eigenvalue weighted by molar-refractivity contribution is 0.0390. The summed E-state index contributed by atoms with van der Waals surface area (Å²) in [5, 5.41) is 0. The van der Waals surface area contributed by atoms with Crippen molar-refractivity contribution in [2.45, 2.75) is 19.8 Å². The summed E-state index contributed by atoms with van der Waals surface area (Å²) in [6.07, 6.45) is 5.25. The van der Waals surface area contributed by atoms with Gasteiger partial charge in [0.2, 0.25) is 0 Å². The van der Waals surface area contributed by atoms with Crippen LogP contribution in [0.4, 0.5) is 0 Å². The van der Waals surface area contributed by atoms with Crippen molar-refractivity contribution in [2.75, 3.05) is 32.8 Å². The molecule has 2 aromatic rings. The number of pyridine rings is 1. The Morgan fingerprint density at radius 1 is 1.24 bits per heavy atom. The lowest BCUT2D eigenvalue weighted by Crippen LogP contribution is -2.36. The number of aryl methyl sites for hydroxylation is 1. The van der Waals surface area contributed by atoms with E-state index in [0.717, 1.165) is 68.3 Å². The maximum atomic E-state index is 5.93. The van der Waals surface area contributed by atoms with Crippen molar-refractivity contribution in [1.82, 2.24) is 9.88 Å². The quantitative estimate of drug-likeness (QED) is 0.783. The van der Waals surface area contributed by atoms with Gasteiger partial charge in [0, 0.05) is 37.8 Å². The normalized spacial score (nSPS) is 14.6. The Morgan fingerprint density at radius 2 is 2.12 bits per heavy atom. The summed E-state index contributed by atoms with van der Waals surface area (Å²) in [5.74, 6) is 8.18. The maximum absolute atomic E-state index is 5.93. The van der Waals surface area contributed by atoms with Gasteiger partial charge in [-0.3, -0.25) is 9.88 Å². The second-order valence-electron chi connectivity index (χ2n) is 5.97. The Hall–Kier alpha value is -2.35. The van der Waals surface area contributed by atoms with Gasteiger partial charge in [-0.15, -0.1) is 0 Å². The highest BCUT2D eigenvalue weighted by molar-refractivity contribution is 5.45. The molecule has 0 unspecified atom stereocenters. The minimum Gasteiger partial charge on any atom is -0.455 e. The summed E-state index contributed by atoms with van der Waals surface area (Å²) in [4.78, 5) is 6.49. The molecule has 0 radical (unpaired) electrons. The van der Waals surface area contributed by atoms with E-state index in [4.69, 9.17) is 9.47 Å². The van der Waals surface area contributed by atoms with Crippen molar-refractivity contribution in [1.29, 1.82) is 0 Å². The van der Waals surface area contributed by atoms with Crippen molar-refractivity contribution in [2.24, 2.45) is 0 Å². The molecule has 130 valence electrons. The fraction of sp³-hybridized carbons (Fsp3) is 0.381. The van der Waals surface area contributed by atoms with Crippen LogP contribution in [-0.2, 0) is 11.2 Å². The molecule has 25 heavy (non-hydrogen) atoms. The zero-order valence-corrected chi connectivity index (χ0v) is 14.7. The zero-order chi connectivity index (χ0) is 17.3. The summed E-state index contributed by atoms with van der Waals surface area (Å²) in [6.45, 7) is 6.85. The first-order chi connectivity index (χ1) is 12.3.